The van der Waals surface area contributed by atoms with E-state index in [-0.39, 0.29) is 5.56 Å². The third-order valence-electron chi connectivity index (χ3n) is 3.24. The van der Waals surface area contributed by atoms with Crippen LogP contribution in [0.4, 0.5) is 0 Å². The van der Waals surface area contributed by atoms with Crippen LogP contribution in [-0.2, 0) is 0 Å². The summed E-state index contributed by atoms with van der Waals surface area (Å²) in [5, 5.41) is 0.436. The molecule has 0 atom stereocenters. The predicted octanol–water partition coefficient (Wildman–Crippen LogP) is 4.50. The van der Waals surface area contributed by atoms with Gasteiger partial charge in [-0.05, 0) is 46.6 Å². The normalized spacial score (nSPS) is 11.9. The van der Waals surface area contributed by atoms with Gasteiger partial charge >= 0.3 is 0 Å². The molecule has 22 heavy (non-hydrogen) atoms. The van der Waals surface area contributed by atoms with Crippen molar-refractivity contribution in [3.05, 3.63) is 80.3 Å². The molecule has 0 radical (unpaired) electrons. The lowest BCUT2D eigenvalue weighted by Gasteiger charge is -2.04. The molecule has 0 spiro atoms. The first-order chi connectivity index (χ1) is 10.5. The first-order valence-electron chi connectivity index (χ1n) is 6.66. The average Bonchev–Trinajstić information content (AvgIpc) is 2.50. The second-order valence-corrected chi connectivity index (χ2v) is 6.28. The van der Waals surface area contributed by atoms with Crippen molar-refractivity contribution in [3.8, 4) is 0 Å². The summed E-state index contributed by atoms with van der Waals surface area (Å²) in [5.41, 5.74) is 3.00. The van der Waals surface area contributed by atoms with E-state index in [9.17, 15) is 4.79 Å². The summed E-state index contributed by atoms with van der Waals surface area (Å²) in [5.74, 6) is 0. The molecule has 1 aromatic carbocycles. The van der Waals surface area contributed by atoms with Crippen molar-refractivity contribution in [3.63, 3.8) is 0 Å². The number of pyridine rings is 1. The highest BCUT2D eigenvalue weighted by atomic mass is 79.9. The minimum Gasteiger partial charge on any atom is -0.269 e. The van der Waals surface area contributed by atoms with Crippen molar-refractivity contribution < 1.29 is 0 Å². The van der Waals surface area contributed by atoms with Crippen molar-refractivity contribution in [1.29, 1.82) is 0 Å². The zero-order valence-electron chi connectivity index (χ0n) is 11.8. The number of halogens is 2. The molecule has 0 amide bonds. The van der Waals surface area contributed by atoms with Gasteiger partial charge in [0.15, 0.2) is 0 Å². The molecule has 110 valence electrons. The van der Waals surface area contributed by atoms with Crippen LogP contribution in [0.5, 0.6) is 0 Å². The molecule has 0 fully saturated rings. The van der Waals surface area contributed by atoms with Crippen LogP contribution in [0.15, 0.2) is 57.9 Å². The molecule has 3 aromatic rings. The van der Waals surface area contributed by atoms with Gasteiger partial charge in [0.05, 0.1) is 10.7 Å². The first kappa shape index (κ1) is 15.0. The summed E-state index contributed by atoms with van der Waals surface area (Å²) in [7, 11) is 0. The molecule has 3 rings (SSSR count). The Morgan fingerprint density at radius 1 is 1.23 bits per heavy atom. The van der Waals surface area contributed by atoms with Crippen molar-refractivity contribution in [2.24, 2.45) is 0 Å². The van der Waals surface area contributed by atoms with Crippen LogP contribution < -0.4 is 5.56 Å². The second-order valence-electron chi connectivity index (χ2n) is 4.96. The number of rotatable bonds is 2. The van der Waals surface area contributed by atoms with Crippen LogP contribution in [0, 0.1) is 6.92 Å². The maximum atomic E-state index is 12.2. The maximum Gasteiger partial charge on any atom is 0.258 e. The number of nitrogens with zero attached hydrogens (tertiary/aromatic N) is 2. The summed E-state index contributed by atoms with van der Waals surface area (Å²) in [6.07, 6.45) is 3.49. The fourth-order valence-electron chi connectivity index (χ4n) is 2.08. The number of hydrogen-bond donors (Lipinski definition) is 0. The standard InChI is InChI=1S/C17H12BrClN2O/c1-11-2-4-12(5-3-11)8-14(19)15-9-17(22)21-10-13(18)6-7-16(21)20-15/h2-10H,1H3/b14-8-. The Kier molecular flexibility index (Phi) is 4.14. The Labute approximate surface area is 141 Å². The van der Waals surface area contributed by atoms with Gasteiger partial charge < -0.3 is 0 Å². The Hall–Kier alpha value is -1.91. The van der Waals surface area contributed by atoms with Gasteiger partial charge in [-0.2, -0.15) is 0 Å². The van der Waals surface area contributed by atoms with E-state index in [1.807, 2.05) is 37.3 Å². The second kappa shape index (κ2) is 6.07. The Morgan fingerprint density at radius 2 is 1.95 bits per heavy atom. The van der Waals surface area contributed by atoms with Gasteiger partial charge in [0.1, 0.15) is 5.65 Å². The zero-order chi connectivity index (χ0) is 15.7. The molecule has 0 saturated heterocycles. The van der Waals surface area contributed by atoms with Gasteiger partial charge in [0, 0.05) is 16.7 Å². The number of benzene rings is 1. The van der Waals surface area contributed by atoms with E-state index in [2.05, 4.69) is 20.9 Å². The molecule has 0 aliphatic rings. The molecule has 5 heteroatoms. The Balaban J connectivity index is 2.07. The molecule has 0 bridgehead atoms. The van der Waals surface area contributed by atoms with E-state index < -0.39 is 0 Å². The van der Waals surface area contributed by atoms with Crippen LogP contribution >= 0.6 is 27.5 Å². The summed E-state index contributed by atoms with van der Waals surface area (Å²) in [6, 6.07) is 13.0. The molecular formula is C17H12BrClN2O. The summed E-state index contributed by atoms with van der Waals surface area (Å²) < 4.78 is 2.29. The van der Waals surface area contributed by atoms with Crippen LogP contribution in [-0.4, -0.2) is 9.38 Å². The van der Waals surface area contributed by atoms with E-state index >= 15 is 0 Å². The highest BCUT2D eigenvalue weighted by Crippen LogP contribution is 2.20. The SMILES string of the molecule is Cc1ccc(/C=C(\Cl)c2cc(=O)n3cc(Br)ccc3n2)cc1. The first-order valence-corrected chi connectivity index (χ1v) is 7.83. The molecule has 3 nitrogen and oxygen atoms in total. The summed E-state index contributed by atoms with van der Waals surface area (Å²) >= 11 is 9.66. The largest absolute Gasteiger partial charge is 0.269 e. The number of hydrogen-bond acceptors (Lipinski definition) is 2. The van der Waals surface area contributed by atoms with Gasteiger partial charge in [-0.25, -0.2) is 4.98 Å². The lowest BCUT2D eigenvalue weighted by Crippen LogP contribution is -2.14. The average molecular weight is 376 g/mol. The van der Waals surface area contributed by atoms with Crippen LogP contribution in [0.1, 0.15) is 16.8 Å². The lowest BCUT2D eigenvalue weighted by atomic mass is 10.1. The fourth-order valence-corrected chi connectivity index (χ4v) is 2.64. The van der Waals surface area contributed by atoms with Gasteiger partial charge in [-0.15, -0.1) is 0 Å². The minimum absolute atomic E-state index is 0.170. The van der Waals surface area contributed by atoms with Gasteiger partial charge in [0.25, 0.3) is 5.56 Å². The third kappa shape index (κ3) is 3.13. The molecular weight excluding hydrogens is 364 g/mol. The number of fused-ring (bicyclic) bond motifs is 1. The predicted molar refractivity (Wildman–Crippen MR) is 94.1 cm³/mol. The molecule has 2 heterocycles. The molecule has 2 aromatic heterocycles. The van der Waals surface area contributed by atoms with E-state index in [4.69, 9.17) is 11.6 Å². The van der Waals surface area contributed by atoms with Crippen molar-refractivity contribution in [2.75, 3.05) is 0 Å². The van der Waals surface area contributed by atoms with E-state index in [1.54, 1.807) is 18.3 Å². The topological polar surface area (TPSA) is 34.4 Å². The van der Waals surface area contributed by atoms with Gasteiger partial charge in [0.2, 0.25) is 0 Å². The molecule has 0 aliphatic heterocycles. The molecule has 0 unspecified atom stereocenters. The van der Waals surface area contributed by atoms with Crippen LogP contribution in [0.2, 0.25) is 0 Å². The summed E-state index contributed by atoms with van der Waals surface area (Å²) in [4.78, 5) is 16.6. The smallest absolute Gasteiger partial charge is 0.258 e. The lowest BCUT2D eigenvalue weighted by molar-refractivity contribution is 1.03. The molecule has 0 aliphatic carbocycles. The number of aryl methyl sites for hydroxylation is 1. The molecule has 0 saturated carbocycles. The highest BCUT2D eigenvalue weighted by molar-refractivity contribution is 9.10. The zero-order valence-corrected chi connectivity index (χ0v) is 14.1. The van der Waals surface area contributed by atoms with Crippen LogP contribution in [0.3, 0.4) is 0 Å². The quantitative estimate of drug-likeness (QED) is 0.661. The van der Waals surface area contributed by atoms with E-state index in [0.717, 1.165) is 10.0 Å². The molecule has 0 N–H and O–H groups in total. The Morgan fingerprint density at radius 3 is 2.68 bits per heavy atom. The third-order valence-corrected chi connectivity index (χ3v) is 4.01. The van der Waals surface area contributed by atoms with Crippen molar-refractivity contribution in [2.45, 2.75) is 6.92 Å². The highest BCUT2D eigenvalue weighted by Gasteiger charge is 2.06. The van der Waals surface area contributed by atoms with E-state index in [0.29, 0.717) is 16.4 Å². The maximum absolute atomic E-state index is 12.2. The van der Waals surface area contributed by atoms with Crippen molar-refractivity contribution in [1.82, 2.24) is 9.38 Å². The van der Waals surface area contributed by atoms with Gasteiger partial charge in [-0.3, -0.25) is 9.20 Å². The minimum atomic E-state index is -0.170. The van der Waals surface area contributed by atoms with Crippen LogP contribution in [0.25, 0.3) is 16.8 Å². The van der Waals surface area contributed by atoms with Crippen molar-refractivity contribution >= 4 is 44.3 Å². The van der Waals surface area contributed by atoms with Gasteiger partial charge in [-0.1, -0.05) is 41.4 Å². The number of aromatic nitrogens is 2. The fraction of sp³-hybridized carbons (Fsp3) is 0.0588. The van der Waals surface area contributed by atoms with E-state index in [1.165, 1.54) is 16.0 Å². The Bertz CT molecular complexity index is 930. The summed E-state index contributed by atoms with van der Waals surface area (Å²) in [6.45, 7) is 2.03. The monoisotopic (exact) mass is 374 g/mol.